The van der Waals surface area contributed by atoms with Crippen molar-refractivity contribution in [1.82, 2.24) is 10.3 Å². The number of piperidine rings is 1. The number of aromatic nitrogens is 1. The van der Waals surface area contributed by atoms with Gasteiger partial charge in [0.05, 0.1) is 17.8 Å². The van der Waals surface area contributed by atoms with Crippen LogP contribution in [0, 0.1) is 5.92 Å². The lowest BCUT2D eigenvalue weighted by Crippen LogP contribution is -2.33. The van der Waals surface area contributed by atoms with Crippen molar-refractivity contribution in [3.8, 4) is 11.1 Å². The molecule has 5 heteroatoms. The summed E-state index contributed by atoms with van der Waals surface area (Å²) in [4.78, 5) is 17.1. The molecule has 1 aliphatic heterocycles. The van der Waals surface area contributed by atoms with Gasteiger partial charge in [-0.25, -0.2) is 4.79 Å². The smallest absolute Gasteiger partial charge is 0.341 e. The van der Waals surface area contributed by atoms with Crippen molar-refractivity contribution >= 4 is 22.6 Å². The topological polar surface area (TPSA) is 63.2 Å². The summed E-state index contributed by atoms with van der Waals surface area (Å²) in [7, 11) is 0. The Balaban J connectivity index is 1.75. The first kappa shape index (κ1) is 19.4. The van der Waals surface area contributed by atoms with Gasteiger partial charge in [0.15, 0.2) is 0 Å². The summed E-state index contributed by atoms with van der Waals surface area (Å²) in [6, 6.07) is 16.4. The van der Waals surface area contributed by atoms with Crippen molar-refractivity contribution in [2.45, 2.75) is 19.8 Å². The minimum atomic E-state index is -0.337. The number of carbonyl (C=O) groups is 1. The van der Waals surface area contributed by atoms with Crippen LogP contribution in [0.25, 0.3) is 22.0 Å². The van der Waals surface area contributed by atoms with Crippen LogP contribution in [0.5, 0.6) is 0 Å². The Bertz CT molecular complexity index is 982. The Morgan fingerprint density at radius 3 is 2.83 bits per heavy atom. The lowest BCUT2D eigenvalue weighted by molar-refractivity contribution is 0.0527. The van der Waals surface area contributed by atoms with Gasteiger partial charge in [0.1, 0.15) is 5.56 Å². The van der Waals surface area contributed by atoms with Gasteiger partial charge in [0.2, 0.25) is 0 Å². The Morgan fingerprint density at radius 1 is 1.21 bits per heavy atom. The quantitative estimate of drug-likeness (QED) is 0.608. The molecular formula is C24H27N3O2. The van der Waals surface area contributed by atoms with Gasteiger partial charge in [0, 0.05) is 18.1 Å². The lowest BCUT2D eigenvalue weighted by atomic mass is 9.98. The number of pyridine rings is 1. The zero-order chi connectivity index (χ0) is 20.1. The third-order valence-electron chi connectivity index (χ3n) is 5.44. The molecule has 0 radical (unpaired) electrons. The van der Waals surface area contributed by atoms with E-state index in [-0.39, 0.29) is 5.97 Å². The second-order valence-electron chi connectivity index (χ2n) is 7.46. The van der Waals surface area contributed by atoms with E-state index < -0.39 is 0 Å². The average Bonchev–Trinajstić information content (AvgIpc) is 2.78. The van der Waals surface area contributed by atoms with Crippen molar-refractivity contribution in [1.29, 1.82) is 0 Å². The van der Waals surface area contributed by atoms with E-state index in [1.807, 2.05) is 31.2 Å². The number of nitrogens with one attached hydrogen (secondary N) is 2. The van der Waals surface area contributed by atoms with Gasteiger partial charge >= 0.3 is 5.97 Å². The molecule has 0 aliphatic carbocycles. The Labute approximate surface area is 171 Å². The zero-order valence-corrected chi connectivity index (χ0v) is 16.8. The fraction of sp³-hybridized carbons (Fsp3) is 0.333. The van der Waals surface area contributed by atoms with E-state index in [4.69, 9.17) is 4.74 Å². The second-order valence-corrected chi connectivity index (χ2v) is 7.46. The number of nitrogens with zero attached hydrogens (tertiary/aromatic N) is 1. The highest BCUT2D eigenvalue weighted by Gasteiger charge is 2.19. The van der Waals surface area contributed by atoms with E-state index in [1.54, 1.807) is 6.20 Å². The summed E-state index contributed by atoms with van der Waals surface area (Å²) < 4.78 is 5.29. The molecule has 0 saturated carbocycles. The van der Waals surface area contributed by atoms with Gasteiger partial charge in [-0.3, -0.25) is 4.98 Å². The number of benzene rings is 2. The highest BCUT2D eigenvalue weighted by molar-refractivity contribution is 6.05. The van der Waals surface area contributed by atoms with Crippen molar-refractivity contribution < 1.29 is 9.53 Å². The Morgan fingerprint density at radius 2 is 2.07 bits per heavy atom. The number of hydrogen-bond acceptors (Lipinski definition) is 5. The normalized spacial score (nSPS) is 16.5. The number of esters is 1. The molecule has 29 heavy (non-hydrogen) atoms. The van der Waals surface area contributed by atoms with Crippen LogP contribution in [0.4, 0.5) is 5.69 Å². The predicted molar refractivity (Wildman–Crippen MR) is 117 cm³/mol. The fourth-order valence-corrected chi connectivity index (χ4v) is 3.90. The first-order chi connectivity index (χ1) is 14.3. The van der Waals surface area contributed by atoms with Gasteiger partial charge < -0.3 is 15.4 Å². The maximum absolute atomic E-state index is 12.6. The number of ether oxygens (including phenoxy) is 1. The van der Waals surface area contributed by atoms with Crippen LogP contribution < -0.4 is 10.6 Å². The molecule has 3 aromatic rings. The van der Waals surface area contributed by atoms with Crippen LogP contribution in [0.2, 0.25) is 0 Å². The first-order valence-electron chi connectivity index (χ1n) is 10.4. The third kappa shape index (κ3) is 4.40. The largest absolute Gasteiger partial charge is 0.462 e. The van der Waals surface area contributed by atoms with E-state index in [9.17, 15) is 4.79 Å². The van der Waals surface area contributed by atoms with E-state index in [0.717, 1.165) is 47.4 Å². The maximum Gasteiger partial charge on any atom is 0.341 e. The summed E-state index contributed by atoms with van der Waals surface area (Å²) in [5, 5.41) is 7.96. The molecule has 1 atom stereocenters. The standard InChI is InChI=1S/C24H27N3O2/c1-2-29-24(28)21-16-26-22-11-10-19(18-8-4-3-5-9-18)13-20(22)23(21)27-15-17-7-6-12-25-14-17/h3-5,8-11,13,16-17,25H,2,6-7,12,14-15H2,1H3,(H,26,27). The molecule has 1 fully saturated rings. The third-order valence-corrected chi connectivity index (χ3v) is 5.44. The van der Waals surface area contributed by atoms with E-state index in [1.165, 1.54) is 12.8 Å². The molecule has 0 spiro atoms. The molecule has 2 heterocycles. The van der Waals surface area contributed by atoms with E-state index in [0.29, 0.717) is 18.1 Å². The minimum Gasteiger partial charge on any atom is -0.462 e. The number of carbonyl (C=O) groups excluding carboxylic acids is 1. The number of fused-ring (bicyclic) bond motifs is 1. The van der Waals surface area contributed by atoms with Crippen LogP contribution >= 0.6 is 0 Å². The minimum absolute atomic E-state index is 0.337. The Kier molecular flexibility index (Phi) is 6.06. The molecular weight excluding hydrogens is 362 g/mol. The molecule has 0 amide bonds. The molecule has 0 bridgehead atoms. The van der Waals surface area contributed by atoms with Gasteiger partial charge in [-0.05, 0) is 62.0 Å². The predicted octanol–water partition coefficient (Wildman–Crippen LogP) is 4.49. The summed E-state index contributed by atoms with van der Waals surface area (Å²) >= 11 is 0. The first-order valence-corrected chi connectivity index (χ1v) is 10.4. The zero-order valence-electron chi connectivity index (χ0n) is 16.8. The van der Waals surface area contributed by atoms with Gasteiger partial charge in [0.25, 0.3) is 0 Å². The van der Waals surface area contributed by atoms with E-state index >= 15 is 0 Å². The van der Waals surface area contributed by atoms with Crippen molar-refractivity contribution in [3.05, 3.63) is 60.3 Å². The molecule has 2 aromatic carbocycles. The van der Waals surface area contributed by atoms with E-state index in [2.05, 4.69) is 39.9 Å². The lowest BCUT2D eigenvalue weighted by Gasteiger charge is -2.24. The monoisotopic (exact) mass is 389 g/mol. The molecule has 5 nitrogen and oxygen atoms in total. The molecule has 1 aliphatic rings. The molecule has 1 aromatic heterocycles. The summed E-state index contributed by atoms with van der Waals surface area (Å²) in [5.41, 5.74) is 4.41. The van der Waals surface area contributed by atoms with Crippen LogP contribution in [-0.2, 0) is 4.74 Å². The summed E-state index contributed by atoms with van der Waals surface area (Å²) in [5.74, 6) is 0.204. The van der Waals surface area contributed by atoms with Gasteiger partial charge in [-0.15, -0.1) is 0 Å². The summed E-state index contributed by atoms with van der Waals surface area (Å²) in [6.07, 6.45) is 4.00. The average molecular weight is 389 g/mol. The number of rotatable bonds is 6. The van der Waals surface area contributed by atoms with Crippen molar-refractivity contribution in [3.63, 3.8) is 0 Å². The number of hydrogen-bond donors (Lipinski definition) is 2. The number of anilines is 1. The fourth-order valence-electron chi connectivity index (χ4n) is 3.90. The van der Waals surface area contributed by atoms with Crippen LogP contribution in [0.15, 0.2) is 54.7 Å². The summed E-state index contributed by atoms with van der Waals surface area (Å²) in [6.45, 7) is 5.06. The van der Waals surface area contributed by atoms with Crippen LogP contribution in [0.1, 0.15) is 30.1 Å². The molecule has 150 valence electrons. The molecule has 1 saturated heterocycles. The van der Waals surface area contributed by atoms with Gasteiger partial charge in [-0.2, -0.15) is 0 Å². The van der Waals surface area contributed by atoms with Gasteiger partial charge in [-0.1, -0.05) is 36.4 Å². The second kappa shape index (κ2) is 9.05. The van der Waals surface area contributed by atoms with Crippen molar-refractivity contribution in [2.24, 2.45) is 5.92 Å². The molecule has 2 N–H and O–H groups in total. The highest BCUT2D eigenvalue weighted by atomic mass is 16.5. The maximum atomic E-state index is 12.6. The molecule has 1 unspecified atom stereocenters. The highest BCUT2D eigenvalue weighted by Crippen LogP contribution is 2.31. The Hall–Kier alpha value is -2.92. The SMILES string of the molecule is CCOC(=O)c1cnc2ccc(-c3ccccc3)cc2c1NCC1CCCNC1. The van der Waals surface area contributed by atoms with Crippen molar-refractivity contribution in [2.75, 3.05) is 31.6 Å². The van der Waals surface area contributed by atoms with Crippen LogP contribution in [0.3, 0.4) is 0 Å². The van der Waals surface area contributed by atoms with Crippen LogP contribution in [-0.4, -0.2) is 37.2 Å². The molecule has 4 rings (SSSR count).